The van der Waals surface area contributed by atoms with Crippen LogP contribution < -0.4 is 16.8 Å². The lowest BCUT2D eigenvalue weighted by Crippen LogP contribution is -2.24. The van der Waals surface area contributed by atoms with Gasteiger partial charge in [-0.3, -0.25) is 14.4 Å². The van der Waals surface area contributed by atoms with Crippen LogP contribution in [0.4, 0.5) is 5.69 Å². The summed E-state index contributed by atoms with van der Waals surface area (Å²) < 4.78 is 0. The summed E-state index contributed by atoms with van der Waals surface area (Å²) in [6, 6.07) is 6.95. The maximum Gasteiger partial charge on any atom is 0.303 e. The number of benzene rings is 1. The van der Waals surface area contributed by atoms with Crippen LogP contribution >= 0.6 is 0 Å². The first kappa shape index (κ1) is 18.1. The van der Waals surface area contributed by atoms with Crippen molar-refractivity contribution >= 4 is 29.4 Å². The number of carboxylic acid groups (broad SMARTS) is 1. The smallest absolute Gasteiger partial charge is 0.303 e. The van der Waals surface area contributed by atoms with E-state index in [0.717, 1.165) is 5.56 Å². The number of nitrogens with zero attached hydrogens (tertiary/aromatic N) is 1. The van der Waals surface area contributed by atoms with Gasteiger partial charge in [0.2, 0.25) is 11.8 Å². The SMILES string of the molecule is NC(N)=NC(=O)CCCC(=O)Nc1ccc(CCC(=O)O)cc1. The minimum Gasteiger partial charge on any atom is -0.481 e. The van der Waals surface area contributed by atoms with E-state index in [1.165, 1.54) is 0 Å². The number of carboxylic acids is 1. The minimum atomic E-state index is -0.849. The highest BCUT2D eigenvalue weighted by atomic mass is 16.4. The van der Waals surface area contributed by atoms with Gasteiger partial charge in [-0.1, -0.05) is 12.1 Å². The highest BCUT2D eigenvalue weighted by Gasteiger charge is 2.06. The van der Waals surface area contributed by atoms with Gasteiger partial charge in [-0.05, 0) is 30.5 Å². The maximum atomic E-state index is 11.7. The van der Waals surface area contributed by atoms with Crippen LogP contribution in [0, 0.1) is 0 Å². The lowest BCUT2D eigenvalue weighted by atomic mass is 10.1. The largest absolute Gasteiger partial charge is 0.481 e. The number of hydrogen-bond acceptors (Lipinski definition) is 3. The van der Waals surface area contributed by atoms with Gasteiger partial charge in [0, 0.05) is 24.9 Å². The number of carbonyl (C=O) groups excluding carboxylic acids is 2. The third-order valence-corrected chi connectivity index (χ3v) is 2.91. The van der Waals surface area contributed by atoms with Gasteiger partial charge in [0.05, 0.1) is 0 Å². The highest BCUT2D eigenvalue weighted by Crippen LogP contribution is 2.12. The van der Waals surface area contributed by atoms with E-state index in [1.54, 1.807) is 24.3 Å². The van der Waals surface area contributed by atoms with E-state index in [-0.39, 0.29) is 31.1 Å². The number of guanidine groups is 1. The fraction of sp³-hybridized carbons (Fsp3) is 0.333. The first-order valence-electron chi connectivity index (χ1n) is 7.10. The van der Waals surface area contributed by atoms with Gasteiger partial charge >= 0.3 is 5.97 Å². The van der Waals surface area contributed by atoms with E-state index in [4.69, 9.17) is 16.6 Å². The molecule has 1 rings (SSSR count). The zero-order chi connectivity index (χ0) is 17.2. The first-order chi connectivity index (χ1) is 10.9. The van der Waals surface area contributed by atoms with Gasteiger partial charge in [-0.25, -0.2) is 0 Å². The van der Waals surface area contributed by atoms with Gasteiger partial charge in [0.15, 0.2) is 5.96 Å². The third kappa shape index (κ3) is 8.20. The number of rotatable bonds is 8. The summed E-state index contributed by atoms with van der Waals surface area (Å²) in [7, 11) is 0. The Labute approximate surface area is 133 Å². The van der Waals surface area contributed by atoms with Crippen molar-refractivity contribution < 1.29 is 19.5 Å². The van der Waals surface area contributed by atoms with Crippen LogP contribution in [-0.2, 0) is 20.8 Å². The summed E-state index contributed by atoms with van der Waals surface area (Å²) in [6.07, 6.45) is 1.12. The zero-order valence-electron chi connectivity index (χ0n) is 12.6. The molecule has 0 aromatic heterocycles. The number of aliphatic carboxylic acids is 1. The molecule has 0 saturated heterocycles. The Balaban J connectivity index is 2.35. The zero-order valence-corrected chi connectivity index (χ0v) is 12.6. The van der Waals surface area contributed by atoms with Crippen molar-refractivity contribution in [3.05, 3.63) is 29.8 Å². The molecule has 0 spiro atoms. The molecule has 2 amide bonds. The van der Waals surface area contributed by atoms with Crippen LogP contribution in [0.5, 0.6) is 0 Å². The van der Waals surface area contributed by atoms with Crippen molar-refractivity contribution in [3.8, 4) is 0 Å². The van der Waals surface area contributed by atoms with Gasteiger partial charge in [0.1, 0.15) is 0 Å². The van der Waals surface area contributed by atoms with Crippen LogP contribution in [0.3, 0.4) is 0 Å². The molecule has 0 saturated carbocycles. The molecular formula is C15H20N4O4. The maximum absolute atomic E-state index is 11.7. The molecule has 0 aliphatic carbocycles. The Bertz CT molecular complexity index is 592. The molecule has 6 N–H and O–H groups in total. The number of nitrogens with two attached hydrogens (primary N) is 2. The summed E-state index contributed by atoms with van der Waals surface area (Å²) in [6.45, 7) is 0. The van der Waals surface area contributed by atoms with Crippen LogP contribution in [-0.4, -0.2) is 28.8 Å². The second-order valence-corrected chi connectivity index (χ2v) is 4.92. The molecule has 1 aromatic rings. The summed E-state index contributed by atoms with van der Waals surface area (Å²) >= 11 is 0. The highest BCUT2D eigenvalue weighted by molar-refractivity contribution is 5.93. The van der Waals surface area contributed by atoms with Crippen molar-refractivity contribution in [2.24, 2.45) is 16.5 Å². The summed E-state index contributed by atoms with van der Waals surface area (Å²) in [4.78, 5) is 36.8. The Morgan fingerprint density at radius 1 is 1.04 bits per heavy atom. The van der Waals surface area contributed by atoms with Crippen LogP contribution in [0.1, 0.15) is 31.2 Å². The molecule has 8 nitrogen and oxygen atoms in total. The Kier molecular flexibility index (Phi) is 7.25. The number of nitrogens with one attached hydrogen (secondary N) is 1. The predicted molar refractivity (Wildman–Crippen MR) is 85.7 cm³/mol. The third-order valence-electron chi connectivity index (χ3n) is 2.91. The number of anilines is 1. The van der Waals surface area contributed by atoms with E-state index in [9.17, 15) is 14.4 Å². The number of hydrogen-bond donors (Lipinski definition) is 4. The van der Waals surface area contributed by atoms with Gasteiger partial charge in [-0.15, -0.1) is 0 Å². The monoisotopic (exact) mass is 320 g/mol. The molecule has 0 heterocycles. The Hall–Kier alpha value is -2.90. The molecule has 1 aromatic carbocycles. The van der Waals surface area contributed by atoms with E-state index in [0.29, 0.717) is 18.5 Å². The lowest BCUT2D eigenvalue weighted by molar-refractivity contribution is -0.137. The first-order valence-corrected chi connectivity index (χ1v) is 7.10. The van der Waals surface area contributed by atoms with Gasteiger partial charge < -0.3 is 21.9 Å². The minimum absolute atomic E-state index is 0.0650. The molecule has 0 atom stereocenters. The van der Waals surface area contributed by atoms with Crippen molar-refractivity contribution in [1.29, 1.82) is 0 Å². The molecule has 0 aliphatic heterocycles. The van der Waals surface area contributed by atoms with E-state index in [1.807, 2.05) is 0 Å². The molecule has 0 radical (unpaired) electrons. The normalized spacial score (nSPS) is 9.91. The van der Waals surface area contributed by atoms with Gasteiger partial charge in [-0.2, -0.15) is 4.99 Å². The Morgan fingerprint density at radius 3 is 2.26 bits per heavy atom. The molecule has 0 unspecified atom stereocenters. The predicted octanol–water partition coefficient (Wildman–Crippen LogP) is 0.613. The number of aliphatic imine (C=N–C) groups is 1. The molecule has 8 heteroatoms. The van der Waals surface area contributed by atoms with Crippen LogP contribution in [0.2, 0.25) is 0 Å². The van der Waals surface area contributed by atoms with Crippen LogP contribution in [0.25, 0.3) is 0 Å². The summed E-state index contributed by atoms with van der Waals surface area (Å²) in [5.74, 6) is -1.82. The lowest BCUT2D eigenvalue weighted by Gasteiger charge is -2.06. The number of carbonyl (C=O) groups is 3. The molecule has 0 aliphatic rings. The van der Waals surface area contributed by atoms with Crippen molar-refractivity contribution in [1.82, 2.24) is 0 Å². The van der Waals surface area contributed by atoms with E-state index < -0.39 is 11.9 Å². The van der Waals surface area contributed by atoms with Crippen molar-refractivity contribution in [2.75, 3.05) is 5.32 Å². The van der Waals surface area contributed by atoms with Crippen LogP contribution in [0.15, 0.2) is 29.3 Å². The fourth-order valence-electron chi connectivity index (χ4n) is 1.83. The average molecular weight is 320 g/mol. The topological polar surface area (TPSA) is 148 Å². The van der Waals surface area contributed by atoms with E-state index >= 15 is 0 Å². The molecule has 23 heavy (non-hydrogen) atoms. The average Bonchev–Trinajstić information content (AvgIpc) is 2.45. The second kappa shape index (κ2) is 9.19. The molecular weight excluding hydrogens is 300 g/mol. The van der Waals surface area contributed by atoms with E-state index in [2.05, 4.69) is 10.3 Å². The second-order valence-electron chi connectivity index (χ2n) is 4.92. The number of amides is 2. The molecule has 0 bridgehead atoms. The summed E-state index contributed by atoms with van der Waals surface area (Å²) in [5.41, 5.74) is 11.6. The van der Waals surface area contributed by atoms with Gasteiger partial charge in [0.25, 0.3) is 0 Å². The van der Waals surface area contributed by atoms with Crippen molar-refractivity contribution in [3.63, 3.8) is 0 Å². The molecule has 0 fully saturated rings. The quantitative estimate of drug-likeness (QED) is 0.407. The number of aryl methyl sites for hydroxylation is 1. The Morgan fingerprint density at radius 2 is 1.70 bits per heavy atom. The van der Waals surface area contributed by atoms with Crippen molar-refractivity contribution in [2.45, 2.75) is 32.1 Å². The fourth-order valence-corrected chi connectivity index (χ4v) is 1.83. The summed E-state index contributed by atoms with van der Waals surface area (Å²) in [5, 5.41) is 11.3. The standard InChI is InChI=1S/C15H20N4O4/c16-15(17)19-13(21)3-1-2-12(20)18-11-7-4-10(5-8-11)6-9-14(22)23/h4-5,7-8H,1-3,6,9H2,(H,18,20)(H,22,23)(H4,16,17,19,21). The molecule has 124 valence electrons.